The van der Waals surface area contributed by atoms with E-state index in [1.54, 1.807) is 0 Å². The lowest BCUT2D eigenvalue weighted by molar-refractivity contribution is -0.792. The smallest absolute Gasteiger partial charge is 0.241 e. The van der Waals surface area contributed by atoms with Gasteiger partial charge in [-0.15, -0.1) is 0 Å². The molecule has 0 saturated heterocycles. The molecule has 0 fully saturated rings. The molecular weight excluding hydrogens is 789 g/mol. The summed E-state index contributed by atoms with van der Waals surface area (Å²) >= 11 is 0. The number of hydrogen-bond acceptors (Lipinski definition) is 1. The van der Waals surface area contributed by atoms with Crippen LogP contribution in [0.1, 0.15) is 30.6 Å². The van der Waals surface area contributed by atoms with E-state index in [9.17, 15) is 0 Å². The largest absolute Gasteiger partial charge is 0.309 e. The first kappa shape index (κ1) is 37.5. The van der Waals surface area contributed by atoms with Crippen LogP contribution in [-0.4, -0.2) is 15.0 Å². The molecule has 308 valence electrons. The van der Waals surface area contributed by atoms with Crippen LogP contribution < -0.4 is 4.90 Å². The Balaban J connectivity index is 0.938. The van der Waals surface area contributed by atoms with Crippen molar-refractivity contribution >= 4 is 65.9 Å². The van der Waals surface area contributed by atoms with Crippen LogP contribution in [0, 0.1) is 0 Å². The molecular formula is C61H45N4+. The molecule has 0 radical (unpaired) electrons. The fourth-order valence-corrected chi connectivity index (χ4v) is 10.8. The summed E-state index contributed by atoms with van der Waals surface area (Å²) in [6.07, 6.45) is 7.91. The number of amidine groups is 1. The van der Waals surface area contributed by atoms with Crippen molar-refractivity contribution in [2.75, 3.05) is 0 Å². The maximum Gasteiger partial charge on any atom is 0.241 e. The highest BCUT2D eigenvalue weighted by atomic mass is 15.4. The summed E-state index contributed by atoms with van der Waals surface area (Å²) in [4.78, 5) is 6.71. The summed E-state index contributed by atoms with van der Waals surface area (Å²) in [5.74, 6) is 1.09. The molecule has 0 bridgehead atoms. The van der Waals surface area contributed by atoms with Crippen molar-refractivity contribution in [1.82, 2.24) is 9.13 Å². The first-order valence-electron chi connectivity index (χ1n) is 22.7. The Kier molecular flexibility index (Phi) is 8.52. The summed E-state index contributed by atoms with van der Waals surface area (Å²) in [5, 5.41) is 7.44. The number of hydrogen-bond donors (Lipinski definition) is 1. The second kappa shape index (κ2) is 14.8. The monoisotopic (exact) mass is 833 g/mol. The van der Waals surface area contributed by atoms with E-state index in [0.29, 0.717) is 0 Å². The Labute approximate surface area is 378 Å². The maximum absolute atomic E-state index is 5.44. The molecule has 3 atom stereocenters. The zero-order chi connectivity index (χ0) is 43.1. The molecule has 65 heavy (non-hydrogen) atoms. The lowest BCUT2D eigenvalue weighted by atomic mass is 9.76. The molecule has 3 heterocycles. The first-order valence-corrected chi connectivity index (χ1v) is 22.7. The van der Waals surface area contributed by atoms with Gasteiger partial charge in [0.15, 0.2) is 0 Å². The summed E-state index contributed by atoms with van der Waals surface area (Å²) in [6.45, 7) is 2.33. The van der Waals surface area contributed by atoms with Crippen molar-refractivity contribution in [2.45, 2.75) is 24.9 Å². The zero-order valence-electron chi connectivity index (χ0n) is 36.1. The highest BCUT2D eigenvalue weighted by Crippen LogP contribution is 2.44. The lowest BCUT2D eigenvalue weighted by Gasteiger charge is -2.36. The minimum absolute atomic E-state index is 0.0505. The Morgan fingerprint density at radius 1 is 0.523 bits per heavy atom. The van der Waals surface area contributed by atoms with Gasteiger partial charge in [0.2, 0.25) is 12.0 Å². The number of aliphatic imine (C=N–C) groups is 1. The van der Waals surface area contributed by atoms with E-state index in [2.05, 4.69) is 247 Å². The molecule has 9 aromatic carbocycles. The van der Waals surface area contributed by atoms with Crippen LogP contribution in [0.3, 0.4) is 0 Å². The number of aromatic nitrogens is 2. The van der Waals surface area contributed by atoms with E-state index in [1.807, 2.05) is 0 Å². The van der Waals surface area contributed by atoms with Crippen LogP contribution in [0.4, 0.5) is 5.69 Å². The fourth-order valence-electron chi connectivity index (χ4n) is 10.8. The van der Waals surface area contributed by atoms with Crippen LogP contribution in [-0.2, 0) is 5.41 Å². The molecule has 2 aliphatic rings. The molecule has 11 aromatic rings. The highest BCUT2D eigenvalue weighted by Gasteiger charge is 2.42. The number of para-hydroxylation sites is 3. The van der Waals surface area contributed by atoms with Crippen molar-refractivity contribution in [3.05, 3.63) is 247 Å². The number of nitrogens with one attached hydrogen (secondary N) is 1. The maximum atomic E-state index is 5.44. The van der Waals surface area contributed by atoms with Gasteiger partial charge >= 0.3 is 0 Å². The second-order valence-corrected chi connectivity index (χ2v) is 17.9. The lowest BCUT2D eigenvalue weighted by Crippen LogP contribution is -3.15. The molecule has 1 aliphatic heterocycles. The molecule has 13 rings (SSSR count). The van der Waals surface area contributed by atoms with Crippen LogP contribution in [0.2, 0.25) is 0 Å². The van der Waals surface area contributed by atoms with Crippen LogP contribution in [0.5, 0.6) is 0 Å². The molecule has 0 saturated carbocycles. The fraction of sp³-hybridized carbons (Fsp3) is 0.0656. The molecule has 0 amide bonds. The summed E-state index contributed by atoms with van der Waals surface area (Å²) in [7, 11) is 0. The Morgan fingerprint density at radius 3 is 1.75 bits per heavy atom. The van der Waals surface area contributed by atoms with E-state index in [-0.39, 0.29) is 11.6 Å². The quantitative estimate of drug-likeness (QED) is 0.166. The predicted octanol–water partition coefficient (Wildman–Crippen LogP) is 14.2. The number of quaternary nitrogens is 1. The van der Waals surface area contributed by atoms with Crippen molar-refractivity contribution in [3.63, 3.8) is 0 Å². The molecule has 1 aliphatic carbocycles. The predicted molar refractivity (Wildman–Crippen MR) is 271 cm³/mol. The van der Waals surface area contributed by atoms with Crippen LogP contribution >= 0.6 is 0 Å². The van der Waals surface area contributed by atoms with Gasteiger partial charge in [0.05, 0.1) is 33.3 Å². The highest BCUT2D eigenvalue weighted by molar-refractivity contribution is 6.22. The minimum Gasteiger partial charge on any atom is -0.309 e. The first-order chi connectivity index (χ1) is 32.1. The van der Waals surface area contributed by atoms with Crippen molar-refractivity contribution in [2.24, 2.45) is 4.99 Å². The van der Waals surface area contributed by atoms with Gasteiger partial charge in [-0.1, -0.05) is 165 Å². The van der Waals surface area contributed by atoms with Gasteiger partial charge in [-0.05, 0) is 89.2 Å². The second-order valence-electron chi connectivity index (χ2n) is 17.9. The SMILES string of the molecule is CC1(c2ccccc2)C=CC(C2=NC(c3ccc(-n4c5ccccc5c5c(-n6c7ccccc7c7ccccc76)c6ccccc6cc54)cc3)[NH+]2c2ccc(-c3ccccc3)cc2)=CC1. The Hall–Kier alpha value is -8.05. The Bertz CT molecular complexity index is 3690. The van der Waals surface area contributed by atoms with Gasteiger partial charge < -0.3 is 9.13 Å². The molecule has 4 nitrogen and oxygen atoms in total. The summed E-state index contributed by atoms with van der Waals surface area (Å²) in [6, 6.07) is 77.5. The third-order valence-corrected chi connectivity index (χ3v) is 14.1. The number of fused-ring (bicyclic) bond motifs is 7. The van der Waals surface area contributed by atoms with E-state index in [0.717, 1.165) is 17.9 Å². The van der Waals surface area contributed by atoms with E-state index < -0.39 is 0 Å². The van der Waals surface area contributed by atoms with Crippen molar-refractivity contribution < 1.29 is 4.90 Å². The number of rotatable bonds is 7. The third kappa shape index (κ3) is 5.91. The number of allylic oxidation sites excluding steroid dienone is 2. The summed E-state index contributed by atoms with van der Waals surface area (Å²) in [5.41, 5.74) is 14.4. The topological polar surface area (TPSA) is 26.7 Å². The Morgan fingerprint density at radius 2 is 1.09 bits per heavy atom. The average Bonchev–Trinajstić information content (AvgIpc) is 3.87. The molecule has 0 spiro atoms. The molecule has 2 aromatic heterocycles. The normalized spacial score (nSPS) is 18.4. The minimum atomic E-state index is -0.0811. The van der Waals surface area contributed by atoms with Gasteiger partial charge in [-0.3, -0.25) is 0 Å². The zero-order valence-corrected chi connectivity index (χ0v) is 36.1. The van der Waals surface area contributed by atoms with E-state index >= 15 is 0 Å². The van der Waals surface area contributed by atoms with Gasteiger partial charge in [0.25, 0.3) is 0 Å². The van der Waals surface area contributed by atoms with Gasteiger partial charge in [-0.2, -0.15) is 4.99 Å². The van der Waals surface area contributed by atoms with Crippen LogP contribution in [0.15, 0.2) is 241 Å². The molecule has 3 unspecified atom stereocenters. The van der Waals surface area contributed by atoms with Crippen LogP contribution in [0.25, 0.3) is 76.9 Å². The van der Waals surface area contributed by atoms with Crippen molar-refractivity contribution in [3.8, 4) is 22.5 Å². The van der Waals surface area contributed by atoms with Gasteiger partial charge in [0.1, 0.15) is 5.69 Å². The third-order valence-electron chi connectivity index (χ3n) is 14.1. The van der Waals surface area contributed by atoms with Gasteiger partial charge in [-0.25, -0.2) is 4.90 Å². The standard InChI is InChI=1S/C61H44N4/c1-61(46-19-6-3-7-20-46)38-36-44(37-39-61)60-62-59(64(60)48-32-28-42(29-33-48)41-16-4-2-5-17-41)43-30-34-47(35-31-43)63-55-27-15-12-24-52(55)57-56(63)40-45-18-8-9-21-49(45)58(57)65-53-25-13-10-22-50(53)51-23-11-14-26-54(51)65/h2-38,40,59H,39H2,1H3/p+1. The van der Waals surface area contributed by atoms with E-state index in [1.165, 1.54) is 98.5 Å². The van der Waals surface area contributed by atoms with Crippen molar-refractivity contribution in [1.29, 1.82) is 0 Å². The number of nitrogens with zero attached hydrogens (tertiary/aromatic N) is 3. The number of benzene rings is 9. The average molecular weight is 834 g/mol. The molecule has 1 N–H and O–H groups in total. The summed E-state index contributed by atoms with van der Waals surface area (Å²) < 4.78 is 4.96. The molecule has 4 heteroatoms. The van der Waals surface area contributed by atoms with Gasteiger partial charge in [0, 0.05) is 55.7 Å². The van der Waals surface area contributed by atoms with E-state index in [4.69, 9.17) is 4.99 Å².